The van der Waals surface area contributed by atoms with E-state index in [0.717, 1.165) is 23.9 Å². The molecule has 3 heteroatoms. The van der Waals surface area contributed by atoms with Crippen LogP contribution >= 0.6 is 0 Å². The number of hydrogen-bond acceptors (Lipinski definition) is 2. The molecule has 0 unspecified atom stereocenters. The molecule has 0 saturated heterocycles. The maximum absolute atomic E-state index is 10.3. The largest absolute Gasteiger partial charge is 0.545 e. The average molecular weight is 185 g/mol. The summed E-state index contributed by atoms with van der Waals surface area (Å²) in [4.78, 5) is 10.3. The molecule has 0 aliphatic carbocycles. The highest BCUT2D eigenvalue weighted by Gasteiger charge is 2.04. The van der Waals surface area contributed by atoms with Gasteiger partial charge in [-0.05, 0) is 18.9 Å². The number of rotatable bonds is 5. The van der Waals surface area contributed by atoms with Gasteiger partial charge in [0.15, 0.2) is 0 Å². The van der Waals surface area contributed by atoms with Crippen molar-refractivity contribution in [3.8, 4) is 0 Å². The fraction of sp³-hybridized carbons (Fsp3) is 0.700. The quantitative estimate of drug-likeness (QED) is 0.348. The van der Waals surface area contributed by atoms with E-state index in [0.29, 0.717) is 5.57 Å². The third-order valence-electron chi connectivity index (χ3n) is 1.81. The topological polar surface area (TPSA) is 40.1 Å². The summed E-state index contributed by atoms with van der Waals surface area (Å²) in [6, 6.07) is 0. The van der Waals surface area contributed by atoms with E-state index in [1.165, 1.54) is 0 Å². The van der Waals surface area contributed by atoms with Crippen LogP contribution < -0.4 is 5.11 Å². The van der Waals surface area contributed by atoms with Crippen molar-refractivity contribution in [1.29, 1.82) is 0 Å². The summed E-state index contributed by atoms with van der Waals surface area (Å²) in [5.74, 6) is -1.06. The van der Waals surface area contributed by atoms with Crippen LogP contribution in [0.4, 0.5) is 0 Å². The highest BCUT2D eigenvalue weighted by molar-refractivity contribution is 5.83. The van der Waals surface area contributed by atoms with Gasteiger partial charge in [-0.2, -0.15) is 0 Å². The first-order valence-electron chi connectivity index (χ1n) is 4.51. The van der Waals surface area contributed by atoms with Crippen molar-refractivity contribution >= 4 is 5.97 Å². The van der Waals surface area contributed by atoms with Crippen LogP contribution in [0.3, 0.4) is 0 Å². The van der Waals surface area contributed by atoms with Crippen LogP contribution in [-0.2, 0) is 4.79 Å². The van der Waals surface area contributed by atoms with Crippen LogP contribution in [0.2, 0.25) is 0 Å². The van der Waals surface area contributed by atoms with E-state index in [4.69, 9.17) is 0 Å². The molecule has 0 heterocycles. The molecule has 0 aromatic heterocycles. The third-order valence-corrected chi connectivity index (χ3v) is 1.81. The molecule has 3 nitrogen and oxygen atoms in total. The van der Waals surface area contributed by atoms with Gasteiger partial charge >= 0.3 is 0 Å². The number of carboxylic acid groups (broad SMARTS) is 1. The number of quaternary nitrogens is 1. The third kappa shape index (κ3) is 7.53. The Labute approximate surface area is 80.3 Å². The van der Waals surface area contributed by atoms with Crippen LogP contribution in [-0.4, -0.2) is 38.1 Å². The van der Waals surface area contributed by atoms with Gasteiger partial charge < -0.3 is 14.4 Å². The number of allylic oxidation sites excluding steroid dienone is 1. The van der Waals surface area contributed by atoms with Crippen molar-refractivity contribution in [2.24, 2.45) is 0 Å². The second-order valence-corrected chi connectivity index (χ2v) is 4.33. The summed E-state index contributed by atoms with van der Waals surface area (Å²) < 4.78 is 0.915. The van der Waals surface area contributed by atoms with Crippen LogP contribution in [0.5, 0.6) is 0 Å². The molecule has 0 aliphatic heterocycles. The monoisotopic (exact) mass is 185 g/mol. The van der Waals surface area contributed by atoms with Crippen LogP contribution in [0.25, 0.3) is 0 Å². The second-order valence-electron chi connectivity index (χ2n) is 4.33. The molecule has 0 atom stereocenters. The van der Waals surface area contributed by atoms with E-state index in [2.05, 4.69) is 21.1 Å². The number of unbranched alkanes of at least 4 members (excludes halogenated alkanes) is 1. The zero-order chi connectivity index (χ0) is 10.5. The van der Waals surface area contributed by atoms with Gasteiger partial charge in [0.2, 0.25) is 0 Å². The molecule has 0 aliphatic rings. The average Bonchev–Trinajstić information content (AvgIpc) is 1.95. The molecular weight excluding hydrogens is 166 g/mol. The van der Waals surface area contributed by atoms with E-state index in [1.54, 1.807) is 13.0 Å². The Morgan fingerprint density at radius 1 is 1.38 bits per heavy atom. The lowest BCUT2D eigenvalue weighted by atomic mass is 10.2. The molecule has 0 amide bonds. The number of carboxylic acids is 1. The summed E-state index contributed by atoms with van der Waals surface area (Å²) in [6.45, 7) is 2.62. The molecule has 0 fully saturated rings. The molecule has 0 saturated carbocycles. The summed E-state index contributed by atoms with van der Waals surface area (Å²) in [6.07, 6.45) is 3.55. The predicted octanol–water partition coefficient (Wildman–Crippen LogP) is 0.169. The van der Waals surface area contributed by atoms with Crippen molar-refractivity contribution in [2.45, 2.75) is 19.8 Å². The fourth-order valence-corrected chi connectivity index (χ4v) is 0.968. The van der Waals surface area contributed by atoms with Gasteiger partial charge in [0.05, 0.1) is 33.7 Å². The smallest absolute Gasteiger partial charge is 0.0783 e. The lowest BCUT2D eigenvalue weighted by Crippen LogP contribution is -2.35. The SMILES string of the molecule is CC(=CCCC[N+](C)(C)C)C(=O)[O-]. The molecule has 0 rings (SSSR count). The summed E-state index contributed by atoms with van der Waals surface area (Å²) >= 11 is 0. The first-order valence-corrected chi connectivity index (χ1v) is 4.51. The first kappa shape index (κ1) is 12.2. The van der Waals surface area contributed by atoms with E-state index < -0.39 is 5.97 Å². The van der Waals surface area contributed by atoms with Crippen LogP contribution in [0.15, 0.2) is 11.6 Å². The van der Waals surface area contributed by atoms with Gasteiger partial charge in [0.25, 0.3) is 0 Å². The molecule has 0 aromatic rings. The van der Waals surface area contributed by atoms with Gasteiger partial charge in [-0.25, -0.2) is 0 Å². The second kappa shape index (κ2) is 5.02. The summed E-state index contributed by atoms with van der Waals surface area (Å²) in [7, 11) is 6.36. The maximum atomic E-state index is 10.3. The van der Waals surface area contributed by atoms with E-state index >= 15 is 0 Å². The molecule has 0 radical (unpaired) electrons. The Morgan fingerprint density at radius 3 is 2.31 bits per heavy atom. The maximum Gasteiger partial charge on any atom is 0.0783 e. The molecule has 0 aromatic carbocycles. The molecule has 13 heavy (non-hydrogen) atoms. The van der Waals surface area contributed by atoms with Crippen molar-refractivity contribution < 1.29 is 14.4 Å². The van der Waals surface area contributed by atoms with Gasteiger partial charge in [-0.1, -0.05) is 6.08 Å². The van der Waals surface area contributed by atoms with Crippen molar-refractivity contribution in [2.75, 3.05) is 27.7 Å². The predicted molar refractivity (Wildman–Crippen MR) is 50.9 cm³/mol. The van der Waals surface area contributed by atoms with Crippen molar-refractivity contribution in [3.63, 3.8) is 0 Å². The van der Waals surface area contributed by atoms with E-state index in [9.17, 15) is 9.90 Å². The van der Waals surface area contributed by atoms with Gasteiger partial charge in [-0.3, -0.25) is 0 Å². The van der Waals surface area contributed by atoms with Crippen molar-refractivity contribution in [1.82, 2.24) is 0 Å². The fourth-order valence-electron chi connectivity index (χ4n) is 0.968. The molecule has 0 spiro atoms. The number of carbonyl (C=O) groups is 1. The minimum absolute atomic E-state index is 0.335. The highest BCUT2D eigenvalue weighted by Crippen LogP contribution is 2.01. The van der Waals surface area contributed by atoms with Gasteiger partial charge in [0, 0.05) is 6.42 Å². The Bertz CT molecular complexity index is 201. The van der Waals surface area contributed by atoms with Crippen LogP contribution in [0, 0.1) is 0 Å². The Kier molecular flexibility index (Phi) is 4.70. The number of hydrogen-bond donors (Lipinski definition) is 0. The normalized spacial score (nSPS) is 13.1. The number of aliphatic carboxylic acids is 1. The lowest BCUT2D eigenvalue weighted by molar-refractivity contribution is -0.870. The lowest BCUT2D eigenvalue weighted by Gasteiger charge is -2.23. The Hall–Kier alpha value is -0.830. The number of nitrogens with zero attached hydrogens (tertiary/aromatic N) is 1. The zero-order valence-electron chi connectivity index (χ0n) is 8.96. The molecular formula is C10H19NO2. The summed E-state index contributed by atoms with van der Waals surface area (Å²) in [5, 5.41) is 10.3. The Balaban J connectivity index is 3.68. The number of carbonyl (C=O) groups excluding carboxylic acids is 1. The zero-order valence-corrected chi connectivity index (χ0v) is 8.96. The first-order chi connectivity index (χ1) is 5.83. The van der Waals surface area contributed by atoms with Gasteiger partial charge in [0.1, 0.15) is 0 Å². The van der Waals surface area contributed by atoms with Crippen molar-refractivity contribution in [3.05, 3.63) is 11.6 Å². The molecule has 0 N–H and O–H groups in total. The molecule has 0 bridgehead atoms. The standard InChI is InChI=1S/C10H19NO2/c1-9(10(12)13)7-5-6-8-11(2,3)4/h7H,5-6,8H2,1-4H3. The van der Waals surface area contributed by atoms with E-state index in [-0.39, 0.29) is 0 Å². The minimum atomic E-state index is -1.06. The van der Waals surface area contributed by atoms with Gasteiger partial charge in [-0.15, -0.1) is 0 Å². The molecule has 76 valence electrons. The van der Waals surface area contributed by atoms with E-state index in [1.807, 2.05) is 0 Å². The highest BCUT2D eigenvalue weighted by atomic mass is 16.4. The van der Waals surface area contributed by atoms with Crippen LogP contribution in [0.1, 0.15) is 19.8 Å². The minimum Gasteiger partial charge on any atom is -0.545 e. The Morgan fingerprint density at radius 2 is 1.92 bits per heavy atom. The summed E-state index contributed by atoms with van der Waals surface area (Å²) in [5.41, 5.74) is 0.335.